The molecule has 2 heterocycles. The monoisotopic (exact) mass is 450 g/mol. The van der Waals surface area contributed by atoms with Gasteiger partial charge in [-0.05, 0) is 12.1 Å². The number of aromatic nitrogens is 4. The van der Waals surface area contributed by atoms with E-state index in [-0.39, 0.29) is 22.7 Å². The summed E-state index contributed by atoms with van der Waals surface area (Å²) >= 11 is 6.19. The maximum Gasteiger partial charge on any atom is 0.271 e. The van der Waals surface area contributed by atoms with Gasteiger partial charge in [-0.2, -0.15) is 10.1 Å². The average molecular weight is 451 g/mol. The minimum atomic E-state index is -3.47. The molecule has 158 valence electrons. The number of halogens is 1. The molecule has 3 aromatic rings. The predicted octanol–water partition coefficient (Wildman–Crippen LogP) is 2.41. The average Bonchev–Trinajstić information content (AvgIpc) is 3.12. The van der Waals surface area contributed by atoms with E-state index in [4.69, 9.17) is 11.6 Å². The summed E-state index contributed by atoms with van der Waals surface area (Å²) in [6.07, 6.45) is 2.44. The molecule has 13 heteroatoms. The Morgan fingerprint density at radius 2 is 1.87 bits per heavy atom. The Morgan fingerprint density at radius 1 is 1.17 bits per heavy atom. The second-order valence-corrected chi connectivity index (χ2v) is 8.58. The fraction of sp³-hybridized carbons (Fsp3) is 0.176. The van der Waals surface area contributed by atoms with Crippen molar-refractivity contribution >= 4 is 56.5 Å². The van der Waals surface area contributed by atoms with E-state index in [0.717, 1.165) is 6.26 Å². The summed E-state index contributed by atoms with van der Waals surface area (Å²) in [5.41, 5.74) is 1.09. The molecule has 30 heavy (non-hydrogen) atoms. The van der Waals surface area contributed by atoms with Gasteiger partial charge in [-0.3, -0.25) is 14.6 Å². The topological polar surface area (TPSA) is 145 Å². The van der Waals surface area contributed by atoms with Gasteiger partial charge in [0.1, 0.15) is 10.7 Å². The van der Waals surface area contributed by atoms with E-state index in [1.54, 1.807) is 38.4 Å². The fourth-order valence-corrected chi connectivity index (χ4v) is 3.09. The van der Waals surface area contributed by atoms with E-state index in [1.807, 2.05) is 0 Å². The lowest BCUT2D eigenvalue weighted by molar-refractivity contribution is 0.0822. The van der Waals surface area contributed by atoms with Crippen molar-refractivity contribution in [2.45, 2.75) is 0 Å². The molecular formula is C17H19ClN8O3S. The third kappa shape index (κ3) is 5.36. The van der Waals surface area contributed by atoms with E-state index in [2.05, 4.69) is 35.5 Å². The van der Waals surface area contributed by atoms with Crippen LogP contribution in [0.25, 0.3) is 0 Å². The number of amides is 1. The highest BCUT2D eigenvalue weighted by atomic mass is 35.5. The number of nitrogens with zero attached hydrogens (tertiary/aromatic N) is 4. The van der Waals surface area contributed by atoms with Gasteiger partial charge in [0.25, 0.3) is 5.91 Å². The van der Waals surface area contributed by atoms with Crippen LogP contribution >= 0.6 is 11.6 Å². The van der Waals surface area contributed by atoms with Gasteiger partial charge in [-0.15, -0.1) is 0 Å². The van der Waals surface area contributed by atoms with Gasteiger partial charge < -0.3 is 15.5 Å². The van der Waals surface area contributed by atoms with E-state index < -0.39 is 10.0 Å². The number of anilines is 5. The normalized spacial score (nSPS) is 11.1. The number of hydrogen-bond donors (Lipinski definition) is 4. The maximum absolute atomic E-state index is 12.0. The zero-order valence-corrected chi connectivity index (χ0v) is 17.8. The molecule has 0 aliphatic rings. The summed E-state index contributed by atoms with van der Waals surface area (Å²) in [5.74, 6) is 0.528. The van der Waals surface area contributed by atoms with Gasteiger partial charge in [-0.1, -0.05) is 23.7 Å². The molecule has 0 bridgehead atoms. The summed E-state index contributed by atoms with van der Waals surface area (Å²) in [4.78, 5) is 21.8. The summed E-state index contributed by atoms with van der Waals surface area (Å²) in [5, 5.41) is 12.7. The van der Waals surface area contributed by atoms with Gasteiger partial charge in [0, 0.05) is 20.2 Å². The highest BCUT2D eigenvalue weighted by molar-refractivity contribution is 7.92. The lowest BCUT2D eigenvalue weighted by Crippen LogP contribution is -2.21. The van der Waals surface area contributed by atoms with Crippen molar-refractivity contribution in [3.63, 3.8) is 0 Å². The molecule has 0 fully saturated rings. The number of nitrogens with one attached hydrogen (secondary N) is 4. The van der Waals surface area contributed by atoms with E-state index in [9.17, 15) is 13.2 Å². The Labute approximate surface area is 177 Å². The number of hydrogen-bond acceptors (Lipinski definition) is 8. The quantitative estimate of drug-likeness (QED) is 0.429. The molecule has 0 spiro atoms. The summed E-state index contributed by atoms with van der Waals surface area (Å²) in [6, 6.07) is 8.23. The third-order valence-corrected chi connectivity index (χ3v) is 4.54. The third-order valence-electron chi connectivity index (χ3n) is 3.67. The lowest BCUT2D eigenvalue weighted by atomic mass is 10.2. The van der Waals surface area contributed by atoms with Gasteiger partial charge in [0.2, 0.25) is 16.0 Å². The number of H-pyrrole nitrogens is 1. The Hall–Kier alpha value is -3.38. The van der Waals surface area contributed by atoms with Gasteiger partial charge in [0.15, 0.2) is 11.6 Å². The maximum atomic E-state index is 12.0. The molecular weight excluding hydrogens is 432 g/mol. The van der Waals surface area contributed by atoms with Crippen LogP contribution in [0.4, 0.5) is 29.0 Å². The Kier molecular flexibility index (Phi) is 6.08. The molecule has 0 saturated heterocycles. The van der Waals surface area contributed by atoms with Gasteiger partial charge in [0.05, 0.1) is 23.8 Å². The minimum absolute atomic E-state index is 0.172. The molecule has 2 aromatic heterocycles. The van der Waals surface area contributed by atoms with Crippen LogP contribution in [0, 0.1) is 0 Å². The Balaban J connectivity index is 1.83. The largest absolute Gasteiger partial charge is 0.343 e. The zero-order chi connectivity index (χ0) is 21.9. The number of rotatable bonds is 7. The SMILES string of the molecule is CN(C)C(=O)c1cc(Nc2ncc(Cl)c(Nc3ccccc3NS(C)(=O)=O)n2)n[nH]1. The van der Waals surface area contributed by atoms with Crippen LogP contribution in [0.15, 0.2) is 36.5 Å². The zero-order valence-electron chi connectivity index (χ0n) is 16.3. The van der Waals surface area contributed by atoms with Crippen molar-refractivity contribution < 1.29 is 13.2 Å². The first kappa shape index (κ1) is 21.3. The molecule has 3 rings (SSSR count). The molecule has 0 saturated carbocycles. The lowest BCUT2D eigenvalue weighted by Gasteiger charge is -2.13. The van der Waals surface area contributed by atoms with Crippen LogP contribution in [0.2, 0.25) is 5.02 Å². The van der Waals surface area contributed by atoms with Crippen molar-refractivity contribution in [2.75, 3.05) is 35.7 Å². The first-order valence-corrected chi connectivity index (χ1v) is 10.8. The molecule has 4 N–H and O–H groups in total. The molecule has 0 aliphatic carbocycles. The Morgan fingerprint density at radius 3 is 2.53 bits per heavy atom. The number of carbonyl (C=O) groups is 1. The van der Waals surface area contributed by atoms with Crippen molar-refractivity contribution in [1.29, 1.82) is 0 Å². The number of sulfonamides is 1. The Bertz CT molecular complexity index is 1180. The summed E-state index contributed by atoms with van der Waals surface area (Å²) in [6.45, 7) is 0. The number of carbonyl (C=O) groups excluding carboxylic acids is 1. The first-order chi connectivity index (χ1) is 14.1. The highest BCUT2D eigenvalue weighted by Crippen LogP contribution is 2.29. The highest BCUT2D eigenvalue weighted by Gasteiger charge is 2.14. The van der Waals surface area contributed by atoms with Crippen molar-refractivity contribution in [3.8, 4) is 0 Å². The second kappa shape index (κ2) is 8.55. The second-order valence-electron chi connectivity index (χ2n) is 6.43. The predicted molar refractivity (Wildman–Crippen MR) is 115 cm³/mol. The number of aromatic amines is 1. The number of benzene rings is 1. The minimum Gasteiger partial charge on any atom is -0.343 e. The summed E-state index contributed by atoms with van der Waals surface area (Å²) < 4.78 is 25.6. The van der Waals surface area contributed by atoms with E-state index in [1.165, 1.54) is 17.2 Å². The van der Waals surface area contributed by atoms with E-state index in [0.29, 0.717) is 22.9 Å². The number of para-hydroxylation sites is 2. The van der Waals surface area contributed by atoms with Crippen molar-refractivity contribution in [1.82, 2.24) is 25.1 Å². The molecule has 1 aromatic carbocycles. The van der Waals surface area contributed by atoms with Crippen molar-refractivity contribution in [3.05, 3.63) is 47.2 Å². The molecule has 1 amide bonds. The van der Waals surface area contributed by atoms with Crippen LogP contribution in [-0.4, -0.2) is 59.7 Å². The van der Waals surface area contributed by atoms with Gasteiger partial charge in [-0.25, -0.2) is 13.4 Å². The smallest absolute Gasteiger partial charge is 0.271 e. The van der Waals surface area contributed by atoms with Crippen LogP contribution in [0.3, 0.4) is 0 Å². The van der Waals surface area contributed by atoms with Crippen LogP contribution < -0.4 is 15.4 Å². The molecule has 0 aliphatic heterocycles. The first-order valence-electron chi connectivity index (χ1n) is 8.53. The standard InChI is InChI=1S/C17H19ClN8O3S/c1-26(2)16(27)13-8-14(24-23-13)21-17-19-9-10(18)15(22-17)20-11-6-4-5-7-12(11)25-30(3,28)29/h4-9,25H,1-3H3,(H3,19,20,21,22,23,24). The molecule has 0 unspecified atom stereocenters. The van der Waals surface area contributed by atoms with Crippen molar-refractivity contribution in [2.24, 2.45) is 0 Å². The summed E-state index contributed by atoms with van der Waals surface area (Å²) in [7, 11) is -0.209. The van der Waals surface area contributed by atoms with Gasteiger partial charge >= 0.3 is 0 Å². The van der Waals surface area contributed by atoms with E-state index >= 15 is 0 Å². The molecule has 0 atom stereocenters. The van der Waals surface area contributed by atoms with Crippen LogP contribution in [0.1, 0.15) is 10.5 Å². The van der Waals surface area contributed by atoms with Crippen LogP contribution in [-0.2, 0) is 10.0 Å². The molecule has 11 nitrogen and oxygen atoms in total. The molecule has 0 radical (unpaired) electrons. The fourth-order valence-electron chi connectivity index (χ4n) is 2.37. The van der Waals surface area contributed by atoms with Crippen LogP contribution in [0.5, 0.6) is 0 Å².